The van der Waals surface area contributed by atoms with Gasteiger partial charge in [-0.2, -0.15) is 0 Å². The molecule has 2 heterocycles. The van der Waals surface area contributed by atoms with Crippen LogP contribution in [0, 0.1) is 5.82 Å². The first-order valence-electron chi connectivity index (χ1n) is 11.7. The highest BCUT2D eigenvalue weighted by atomic mass is 32.2. The number of piperazine rings is 1. The monoisotopic (exact) mass is 523 g/mol. The second-order valence-electron chi connectivity index (χ2n) is 8.71. The Hall–Kier alpha value is -4.25. The van der Waals surface area contributed by atoms with E-state index in [1.165, 1.54) is 12.1 Å². The zero-order chi connectivity index (χ0) is 26.0. The van der Waals surface area contributed by atoms with Crippen LogP contribution in [0.4, 0.5) is 21.5 Å². The van der Waals surface area contributed by atoms with Crippen molar-refractivity contribution in [3.8, 4) is 5.75 Å². The van der Waals surface area contributed by atoms with E-state index in [1.54, 1.807) is 29.3 Å². The number of nitrogens with two attached hydrogens (primary N) is 1. The first-order chi connectivity index (χ1) is 17.8. The molecule has 5 rings (SSSR count). The lowest BCUT2D eigenvalue weighted by Crippen LogP contribution is -2.50. The number of H-pyrrole nitrogens is 1. The first-order valence-corrected chi connectivity index (χ1v) is 13.2. The molecule has 4 N–H and O–H groups in total. The fourth-order valence-corrected chi connectivity index (χ4v) is 5.29. The quantitative estimate of drug-likeness (QED) is 0.341. The maximum absolute atomic E-state index is 13.1. The van der Waals surface area contributed by atoms with Gasteiger partial charge in [-0.15, -0.1) is 0 Å². The van der Waals surface area contributed by atoms with Crippen molar-refractivity contribution in [2.45, 2.75) is 4.90 Å². The molecule has 0 radical (unpaired) electrons. The standard InChI is InChI=1S/C26H26FN5O4S/c27-18-1-8-22(9-2-18)37(34,35)30-19-3-5-20(6-4-19)31-11-13-32(14-12-31)26(33)17-36-21-7-10-25-23(15-21)24(28)16-29-25/h1-10,15-16,29-30H,11-14,17,28H2. The molecule has 37 heavy (non-hydrogen) atoms. The number of halogens is 1. The number of aromatic nitrogens is 1. The zero-order valence-corrected chi connectivity index (χ0v) is 20.7. The molecule has 11 heteroatoms. The van der Waals surface area contributed by atoms with E-state index in [4.69, 9.17) is 10.5 Å². The van der Waals surface area contributed by atoms with Gasteiger partial charge in [0, 0.05) is 54.7 Å². The minimum atomic E-state index is -3.81. The van der Waals surface area contributed by atoms with E-state index in [-0.39, 0.29) is 17.4 Å². The van der Waals surface area contributed by atoms with Crippen LogP contribution in [0.5, 0.6) is 5.75 Å². The number of rotatable bonds is 7. The van der Waals surface area contributed by atoms with Crippen molar-refractivity contribution in [3.05, 3.63) is 78.7 Å². The number of benzene rings is 3. The van der Waals surface area contributed by atoms with E-state index in [0.29, 0.717) is 43.3 Å². The van der Waals surface area contributed by atoms with Gasteiger partial charge >= 0.3 is 0 Å². The predicted molar refractivity (Wildman–Crippen MR) is 141 cm³/mol. The van der Waals surface area contributed by atoms with Crippen LogP contribution in [0.15, 0.2) is 77.8 Å². The van der Waals surface area contributed by atoms with Crippen LogP contribution in [0.2, 0.25) is 0 Å². The third kappa shape index (κ3) is 5.46. The molecule has 192 valence electrons. The molecular weight excluding hydrogens is 497 g/mol. The van der Waals surface area contributed by atoms with Crippen molar-refractivity contribution in [3.63, 3.8) is 0 Å². The van der Waals surface area contributed by atoms with E-state index in [9.17, 15) is 17.6 Å². The average molecular weight is 524 g/mol. The third-order valence-electron chi connectivity index (χ3n) is 6.29. The average Bonchev–Trinajstić information content (AvgIpc) is 3.28. The van der Waals surface area contributed by atoms with E-state index >= 15 is 0 Å². The van der Waals surface area contributed by atoms with Crippen LogP contribution in [-0.4, -0.2) is 57.0 Å². The Kier molecular flexibility index (Phi) is 6.62. The fourth-order valence-electron chi connectivity index (χ4n) is 4.23. The smallest absolute Gasteiger partial charge is 0.261 e. The lowest BCUT2D eigenvalue weighted by molar-refractivity contribution is -0.133. The largest absolute Gasteiger partial charge is 0.484 e. The molecule has 9 nitrogen and oxygen atoms in total. The van der Waals surface area contributed by atoms with Gasteiger partial charge < -0.3 is 25.3 Å². The molecule has 1 aliphatic heterocycles. The normalized spacial score (nSPS) is 14.1. The molecule has 0 aliphatic carbocycles. The van der Waals surface area contributed by atoms with Crippen molar-refractivity contribution in [1.82, 2.24) is 9.88 Å². The molecule has 4 aromatic rings. The van der Waals surface area contributed by atoms with Crippen LogP contribution in [0.3, 0.4) is 0 Å². The fraction of sp³-hybridized carbons (Fsp3) is 0.192. The molecule has 1 fully saturated rings. The van der Waals surface area contributed by atoms with Gasteiger partial charge in [0.05, 0.1) is 10.6 Å². The summed E-state index contributed by atoms with van der Waals surface area (Å²) in [6.07, 6.45) is 1.72. The van der Waals surface area contributed by atoms with Crippen molar-refractivity contribution >= 4 is 43.9 Å². The lowest BCUT2D eigenvalue weighted by atomic mass is 10.2. The van der Waals surface area contributed by atoms with Gasteiger partial charge in [0.15, 0.2) is 6.61 Å². The van der Waals surface area contributed by atoms with Crippen molar-refractivity contribution in [1.29, 1.82) is 0 Å². The summed E-state index contributed by atoms with van der Waals surface area (Å²) in [6.45, 7) is 2.31. The lowest BCUT2D eigenvalue weighted by Gasteiger charge is -2.36. The molecule has 0 spiro atoms. The number of amides is 1. The Morgan fingerprint density at radius 1 is 1.00 bits per heavy atom. The molecule has 1 aliphatic rings. The molecule has 1 saturated heterocycles. The molecular formula is C26H26FN5O4S. The maximum atomic E-state index is 13.1. The number of carbonyl (C=O) groups is 1. The number of aromatic amines is 1. The number of nitrogens with one attached hydrogen (secondary N) is 2. The highest BCUT2D eigenvalue weighted by Gasteiger charge is 2.22. The molecule has 0 atom stereocenters. The van der Waals surface area contributed by atoms with Crippen LogP contribution >= 0.6 is 0 Å². The minimum absolute atomic E-state index is 0.0168. The number of hydrogen-bond donors (Lipinski definition) is 3. The number of hydrogen-bond acceptors (Lipinski definition) is 6. The van der Waals surface area contributed by atoms with Crippen LogP contribution in [0.25, 0.3) is 10.9 Å². The Morgan fingerprint density at radius 3 is 2.41 bits per heavy atom. The molecule has 1 amide bonds. The van der Waals surface area contributed by atoms with Gasteiger partial charge in [-0.25, -0.2) is 12.8 Å². The van der Waals surface area contributed by atoms with Crippen LogP contribution in [-0.2, 0) is 14.8 Å². The molecule has 0 unspecified atom stereocenters. The van der Waals surface area contributed by atoms with Crippen molar-refractivity contribution in [2.75, 3.05) is 48.1 Å². The second kappa shape index (κ2) is 10.0. The van der Waals surface area contributed by atoms with Crippen LogP contribution < -0.4 is 20.1 Å². The molecule has 0 bridgehead atoms. The predicted octanol–water partition coefficient (Wildman–Crippen LogP) is 3.42. The van der Waals surface area contributed by atoms with Gasteiger partial charge in [0.1, 0.15) is 11.6 Å². The van der Waals surface area contributed by atoms with Gasteiger partial charge in [0.25, 0.3) is 15.9 Å². The Morgan fingerprint density at radius 2 is 1.70 bits per heavy atom. The summed E-state index contributed by atoms with van der Waals surface area (Å²) in [6, 6.07) is 17.1. The minimum Gasteiger partial charge on any atom is -0.484 e. The summed E-state index contributed by atoms with van der Waals surface area (Å²) in [7, 11) is -3.81. The van der Waals surface area contributed by atoms with Crippen LogP contribution in [0.1, 0.15) is 0 Å². The Labute approximate surface area is 213 Å². The summed E-state index contributed by atoms with van der Waals surface area (Å²) in [4.78, 5) is 19.6. The third-order valence-corrected chi connectivity index (χ3v) is 7.69. The highest BCUT2D eigenvalue weighted by Crippen LogP contribution is 2.25. The van der Waals surface area contributed by atoms with Gasteiger partial charge in [-0.1, -0.05) is 0 Å². The summed E-state index contributed by atoms with van der Waals surface area (Å²) in [5, 5.41) is 0.854. The molecule has 3 aromatic carbocycles. The van der Waals surface area contributed by atoms with Gasteiger partial charge in [-0.3, -0.25) is 9.52 Å². The van der Waals surface area contributed by atoms with E-state index in [0.717, 1.165) is 28.7 Å². The zero-order valence-electron chi connectivity index (χ0n) is 19.9. The number of fused-ring (bicyclic) bond motifs is 1. The number of ether oxygens (including phenoxy) is 1. The summed E-state index contributed by atoms with van der Waals surface area (Å²) >= 11 is 0. The summed E-state index contributed by atoms with van der Waals surface area (Å²) in [5.74, 6) is -0.00834. The number of sulfonamides is 1. The number of nitrogens with zero attached hydrogens (tertiary/aromatic N) is 2. The maximum Gasteiger partial charge on any atom is 0.261 e. The van der Waals surface area contributed by atoms with Crippen molar-refractivity contribution < 1.29 is 22.3 Å². The first kappa shape index (κ1) is 24.4. The molecule has 1 aromatic heterocycles. The van der Waals surface area contributed by atoms with E-state index < -0.39 is 15.8 Å². The van der Waals surface area contributed by atoms with Gasteiger partial charge in [-0.05, 0) is 66.7 Å². The number of nitrogen functional groups attached to an aromatic ring is 1. The topological polar surface area (TPSA) is 121 Å². The van der Waals surface area contributed by atoms with Crippen molar-refractivity contribution in [2.24, 2.45) is 0 Å². The SMILES string of the molecule is Nc1c[nH]c2ccc(OCC(=O)N3CCN(c4ccc(NS(=O)(=O)c5ccc(F)cc5)cc4)CC3)cc12. The Balaban J connectivity index is 1.13. The second-order valence-corrected chi connectivity index (χ2v) is 10.4. The molecule has 0 saturated carbocycles. The summed E-state index contributed by atoms with van der Waals surface area (Å²) in [5.41, 5.74) is 8.79. The highest BCUT2D eigenvalue weighted by molar-refractivity contribution is 7.92. The number of anilines is 3. The van der Waals surface area contributed by atoms with E-state index in [1.807, 2.05) is 24.3 Å². The van der Waals surface area contributed by atoms with E-state index in [2.05, 4.69) is 14.6 Å². The Bertz CT molecular complexity index is 1510. The summed E-state index contributed by atoms with van der Waals surface area (Å²) < 4.78 is 46.3. The number of carbonyl (C=O) groups excluding carboxylic acids is 1. The van der Waals surface area contributed by atoms with Gasteiger partial charge in [0.2, 0.25) is 0 Å².